The molecule has 1 amide bonds. The lowest BCUT2D eigenvalue weighted by Crippen LogP contribution is -2.43. The second-order valence-electron chi connectivity index (χ2n) is 6.06. The van der Waals surface area contributed by atoms with Crippen LogP contribution in [0.25, 0.3) is 0 Å². The largest absolute Gasteiger partial charge is 0.468 e. The normalized spacial score (nSPS) is 16.2. The van der Waals surface area contributed by atoms with Crippen LogP contribution in [-0.2, 0) is 14.3 Å². The van der Waals surface area contributed by atoms with E-state index in [1.165, 1.54) is 19.1 Å². The molecule has 0 saturated heterocycles. The third kappa shape index (κ3) is 4.50. The van der Waals surface area contributed by atoms with E-state index >= 15 is 0 Å². The van der Waals surface area contributed by atoms with E-state index in [-0.39, 0.29) is 24.1 Å². The smallest absolute Gasteiger partial charge is 0.327 e. The molecule has 1 atom stereocenters. The van der Waals surface area contributed by atoms with Crippen LogP contribution in [0.5, 0.6) is 0 Å². The Morgan fingerprint density at radius 1 is 1.33 bits per heavy atom. The van der Waals surface area contributed by atoms with Gasteiger partial charge in [-0.15, -0.1) is 0 Å². The van der Waals surface area contributed by atoms with Crippen LogP contribution in [0.15, 0.2) is 18.2 Å². The van der Waals surface area contributed by atoms with Crippen LogP contribution in [0.4, 0.5) is 8.78 Å². The van der Waals surface area contributed by atoms with Crippen molar-refractivity contribution in [1.82, 2.24) is 10.2 Å². The summed E-state index contributed by atoms with van der Waals surface area (Å²) in [6, 6.07) is 1.82. The Morgan fingerprint density at radius 2 is 2.00 bits per heavy atom. The number of esters is 1. The van der Waals surface area contributed by atoms with Gasteiger partial charge in [0.05, 0.1) is 13.7 Å². The number of carbonyl (C=O) groups excluding carboxylic acids is 2. The van der Waals surface area contributed by atoms with Gasteiger partial charge in [0.15, 0.2) is 0 Å². The molecule has 0 unspecified atom stereocenters. The van der Waals surface area contributed by atoms with Gasteiger partial charge in [-0.3, -0.25) is 9.69 Å². The molecule has 1 saturated carbocycles. The Hall–Kier alpha value is -2.02. The molecule has 1 aromatic rings. The number of halogens is 2. The molecule has 5 nitrogen and oxygen atoms in total. The molecule has 0 bridgehead atoms. The summed E-state index contributed by atoms with van der Waals surface area (Å²) in [5, 5.41) is 2.90. The van der Waals surface area contributed by atoms with E-state index in [1.54, 1.807) is 0 Å². The van der Waals surface area contributed by atoms with Gasteiger partial charge >= 0.3 is 5.97 Å². The predicted octanol–water partition coefficient (Wildman–Crippen LogP) is 2.17. The highest BCUT2D eigenvalue weighted by Crippen LogP contribution is 2.25. The maximum absolute atomic E-state index is 14.0. The van der Waals surface area contributed by atoms with Crippen LogP contribution < -0.4 is 5.32 Å². The highest BCUT2D eigenvalue weighted by atomic mass is 19.1. The third-order valence-corrected chi connectivity index (χ3v) is 4.23. The first-order chi connectivity index (χ1) is 11.4. The van der Waals surface area contributed by atoms with Crippen molar-refractivity contribution in [1.29, 1.82) is 0 Å². The number of amides is 1. The Bertz CT molecular complexity index is 603. The van der Waals surface area contributed by atoms with E-state index in [0.717, 1.165) is 43.9 Å². The number of ether oxygens (including phenoxy) is 1. The van der Waals surface area contributed by atoms with Crippen LogP contribution in [0.2, 0.25) is 0 Å². The Balaban J connectivity index is 2.13. The average Bonchev–Trinajstić information content (AvgIpc) is 3.03. The monoisotopic (exact) mass is 340 g/mol. The summed E-state index contributed by atoms with van der Waals surface area (Å²) in [5.41, 5.74) is -0.155. The maximum atomic E-state index is 14.0. The van der Waals surface area contributed by atoms with Crippen LogP contribution in [0, 0.1) is 11.6 Å². The van der Waals surface area contributed by atoms with E-state index in [4.69, 9.17) is 4.74 Å². The minimum atomic E-state index is -1.19. The highest BCUT2D eigenvalue weighted by Gasteiger charge is 2.30. The standard InChI is InChI=1S/C17H22F2N2O3/c1-21(10-15(22)20-12-5-3-4-6-12)16(17(23)24-2)13-9-11(18)7-8-14(13)19/h7-9,12,16H,3-6,10H2,1-2H3,(H,20,22)/t16-/m1/s1. The van der Waals surface area contributed by atoms with E-state index in [0.29, 0.717) is 0 Å². The summed E-state index contributed by atoms with van der Waals surface area (Å²) >= 11 is 0. The fourth-order valence-electron chi connectivity index (χ4n) is 3.04. The molecule has 1 N–H and O–H groups in total. The average molecular weight is 340 g/mol. The van der Waals surface area contributed by atoms with Gasteiger partial charge in [-0.25, -0.2) is 13.6 Å². The van der Waals surface area contributed by atoms with Gasteiger partial charge in [0.25, 0.3) is 0 Å². The summed E-state index contributed by atoms with van der Waals surface area (Å²) in [6.07, 6.45) is 4.04. The van der Waals surface area contributed by atoms with Crippen molar-refractivity contribution in [2.75, 3.05) is 20.7 Å². The SMILES string of the molecule is COC(=O)[C@@H](c1cc(F)ccc1F)N(C)CC(=O)NC1CCCC1. The van der Waals surface area contributed by atoms with Crippen LogP contribution in [-0.4, -0.2) is 43.5 Å². The molecule has 0 aliphatic heterocycles. The van der Waals surface area contributed by atoms with Crippen molar-refractivity contribution >= 4 is 11.9 Å². The van der Waals surface area contributed by atoms with Crippen molar-refractivity contribution in [3.63, 3.8) is 0 Å². The van der Waals surface area contributed by atoms with Crippen LogP contribution in [0.1, 0.15) is 37.3 Å². The fourth-order valence-corrected chi connectivity index (χ4v) is 3.04. The Labute approximate surface area is 140 Å². The number of benzene rings is 1. The first kappa shape index (κ1) is 18.3. The number of hydrogen-bond donors (Lipinski definition) is 1. The number of carbonyl (C=O) groups is 2. The lowest BCUT2D eigenvalue weighted by atomic mass is 10.0. The lowest BCUT2D eigenvalue weighted by molar-refractivity contribution is -0.147. The topological polar surface area (TPSA) is 58.6 Å². The second-order valence-corrected chi connectivity index (χ2v) is 6.06. The molecular weight excluding hydrogens is 318 g/mol. The van der Waals surface area contributed by atoms with Gasteiger partial charge in [-0.05, 0) is 38.1 Å². The minimum absolute atomic E-state index is 0.119. The Morgan fingerprint density at radius 3 is 2.62 bits per heavy atom. The van der Waals surface area contributed by atoms with Crippen molar-refractivity contribution in [3.05, 3.63) is 35.4 Å². The molecule has 2 rings (SSSR count). The summed E-state index contributed by atoms with van der Waals surface area (Å²) < 4.78 is 32.2. The number of rotatable bonds is 6. The fraction of sp³-hybridized carbons (Fsp3) is 0.529. The molecular formula is C17H22F2N2O3. The zero-order valence-electron chi connectivity index (χ0n) is 13.9. The third-order valence-electron chi connectivity index (χ3n) is 4.23. The summed E-state index contributed by atoms with van der Waals surface area (Å²) in [7, 11) is 2.67. The maximum Gasteiger partial charge on any atom is 0.327 e. The number of likely N-dealkylation sites (N-methyl/N-ethyl adjacent to an activating group) is 1. The van der Waals surface area contributed by atoms with E-state index in [9.17, 15) is 18.4 Å². The predicted molar refractivity (Wildman–Crippen MR) is 84.1 cm³/mol. The van der Waals surface area contributed by atoms with Crippen molar-refractivity contribution in [3.8, 4) is 0 Å². The molecule has 0 aromatic heterocycles. The molecule has 1 fully saturated rings. The number of methoxy groups -OCH3 is 1. The number of hydrogen-bond acceptors (Lipinski definition) is 4. The first-order valence-corrected chi connectivity index (χ1v) is 7.94. The molecule has 132 valence electrons. The van der Waals surface area contributed by atoms with Crippen LogP contribution >= 0.6 is 0 Å². The first-order valence-electron chi connectivity index (χ1n) is 7.94. The molecule has 1 aliphatic rings. The molecule has 1 aliphatic carbocycles. The van der Waals surface area contributed by atoms with Crippen molar-refractivity contribution in [2.45, 2.75) is 37.8 Å². The van der Waals surface area contributed by atoms with Gasteiger partial charge in [0.1, 0.15) is 17.7 Å². The van der Waals surface area contributed by atoms with Crippen molar-refractivity contribution in [2.24, 2.45) is 0 Å². The van der Waals surface area contributed by atoms with Gasteiger partial charge in [-0.2, -0.15) is 0 Å². The zero-order valence-corrected chi connectivity index (χ0v) is 13.9. The second kappa shape index (κ2) is 8.19. The van der Waals surface area contributed by atoms with Gasteiger partial charge in [-0.1, -0.05) is 12.8 Å². The molecule has 1 aromatic carbocycles. The lowest BCUT2D eigenvalue weighted by Gasteiger charge is -2.26. The number of nitrogens with one attached hydrogen (secondary N) is 1. The van der Waals surface area contributed by atoms with E-state index in [1.807, 2.05) is 0 Å². The van der Waals surface area contributed by atoms with Gasteiger partial charge in [0, 0.05) is 11.6 Å². The molecule has 0 heterocycles. The van der Waals surface area contributed by atoms with E-state index < -0.39 is 23.6 Å². The van der Waals surface area contributed by atoms with Gasteiger partial charge < -0.3 is 10.1 Å². The Kier molecular flexibility index (Phi) is 6.25. The minimum Gasteiger partial charge on any atom is -0.468 e. The zero-order chi connectivity index (χ0) is 17.7. The van der Waals surface area contributed by atoms with Gasteiger partial charge in [0.2, 0.25) is 5.91 Å². The molecule has 7 heteroatoms. The molecule has 24 heavy (non-hydrogen) atoms. The summed E-state index contributed by atoms with van der Waals surface area (Å²) in [5.74, 6) is -2.40. The number of nitrogens with zero attached hydrogens (tertiary/aromatic N) is 1. The summed E-state index contributed by atoms with van der Waals surface area (Å²) in [6.45, 7) is -0.119. The van der Waals surface area contributed by atoms with Crippen molar-refractivity contribution < 1.29 is 23.1 Å². The van der Waals surface area contributed by atoms with Crippen LogP contribution in [0.3, 0.4) is 0 Å². The van der Waals surface area contributed by atoms with E-state index in [2.05, 4.69) is 5.32 Å². The molecule has 0 radical (unpaired) electrons. The molecule has 0 spiro atoms. The quantitative estimate of drug-likeness (QED) is 0.807. The summed E-state index contributed by atoms with van der Waals surface area (Å²) in [4.78, 5) is 25.5. The highest BCUT2D eigenvalue weighted by molar-refractivity contribution is 5.81.